The predicted octanol–water partition coefficient (Wildman–Crippen LogP) is 1.13. The van der Waals surface area contributed by atoms with E-state index in [0.29, 0.717) is 30.0 Å². The molecule has 17 heavy (non-hydrogen) atoms. The lowest BCUT2D eigenvalue weighted by molar-refractivity contribution is 0.288. The van der Waals surface area contributed by atoms with Crippen LogP contribution in [0.4, 0.5) is 11.5 Å². The molecular formula is C12H18N4O. The second-order valence-corrected chi connectivity index (χ2v) is 4.07. The van der Waals surface area contributed by atoms with Crippen LogP contribution in [-0.2, 0) is 0 Å². The molecule has 5 heteroatoms. The summed E-state index contributed by atoms with van der Waals surface area (Å²) in [6.45, 7) is 4.84. The Kier molecular flexibility index (Phi) is 4.73. The monoisotopic (exact) mass is 234 g/mol. The summed E-state index contributed by atoms with van der Waals surface area (Å²) < 4.78 is 0. The molecule has 0 aliphatic carbocycles. The summed E-state index contributed by atoms with van der Waals surface area (Å²) in [5.74, 6) is 0.618. The Labute approximate surface area is 101 Å². The van der Waals surface area contributed by atoms with E-state index >= 15 is 0 Å². The second kappa shape index (κ2) is 6.06. The van der Waals surface area contributed by atoms with Crippen molar-refractivity contribution in [3.05, 3.63) is 17.8 Å². The summed E-state index contributed by atoms with van der Waals surface area (Å²) in [6, 6.07) is 3.86. The molecule has 1 aromatic heterocycles. The number of aliphatic hydroxyl groups is 1. The highest BCUT2D eigenvalue weighted by Gasteiger charge is 2.16. The van der Waals surface area contributed by atoms with Gasteiger partial charge in [-0.25, -0.2) is 4.98 Å². The van der Waals surface area contributed by atoms with Gasteiger partial charge in [0.2, 0.25) is 0 Å². The molecule has 1 heterocycles. The van der Waals surface area contributed by atoms with Gasteiger partial charge in [0.05, 0.1) is 11.3 Å². The maximum atomic E-state index is 8.92. The third-order valence-corrected chi connectivity index (χ3v) is 2.54. The van der Waals surface area contributed by atoms with Crippen LogP contribution >= 0.6 is 0 Å². The number of pyridine rings is 1. The van der Waals surface area contributed by atoms with E-state index in [1.54, 1.807) is 12.3 Å². The highest BCUT2D eigenvalue weighted by Crippen LogP contribution is 2.25. The lowest BCUT2D eigenvalue weighted by Gasteiger charge is -2.28. The van der Waals surface area contributed by atoms with Crippen LogP contribution in [0.2, 0.25) is 0 Å². The Bertz CT molecular complexity index is 411. The summed E-state index contributed by atoms with van der Waals surface area (Å²) in [5, 5.41) is 17.8. The number of nitrogens with two attached hydrogens (primary N) is 1. The van der Waals surface area contributed by atoms with Crippen molar-refractivity contribution in [2.45, 2.75) is 26.3 Å². The molecule has 0 radical (unpaired) electrons. The van der Waals surface area contributed by atoms with Crippen molar-refractivity contribution in [3.63, 3.8) is 0 Å². The summed E-state index contributed by atoms with van der Waals surface area (Å²) >= 11 is 0. The van der Waals surface area contributed by atoms with Crippen LogP contribution in [0.1, 0.15) is 25.8 Å². The zero-order chi connectivity index (χ0) is 12.8. The summed E-state index contributed by atoms with van der Waals surface area (Å²) in [4.78, 5) is 6.22. The predicted molar refractivity (Wildman–Crippen MR) is 67.5 cm³/mol. The number of rotatable bonds is 5. The standard InChI is InChI=1S/C12H18N4O/c1-9(2)16(6-3-7-17)12-11(14)10(8-13)4-5-15-12/h4-5,9,17H,3,6-7,14H2,1-2H3. The zero-order valence-corrected chi connectivity index (χ0v) is 10.2. The molecule has 0 amide bonds. The largest absolute Gasteiger partial charge is 0.396 e. The fourth-order valence-electron chi connectivity index (χ4n) is 1.64. The molecule has 0 fully saturated rings. The number of aliphatic hydroxyl groups excluding tert-OH is 1. The number of hydrogen-bond donors (Lipinski definition) is 2. The molecule has 1 rings (SSSR count). The van der Waals surface area contributed by atoms with Gasteiger partial charge in [-0.15, -0.1) is 0 Å². The highest BCUT2D eigenvalue weighted by atomic mass is 16.3. The molecule has 0 aliphatic rings. The van der Waals surface area contributed by atoms with Crippen molar-refractivity contribution in [1.29, 1.82) is 5.26 Å². The van der Waals surface area contributed by atoms with Gasteiger partial charge in [-0.3, -0.25) is 0 Å². The van der Waals surface area contributed by atoms with Crippen LogP contribution in [0.25, 0.3) is 0 Å². The maximum Gasteiger partial charge on any atom is 0.153 e. The van der Waals surface area contributed by atoms with Gasteiger partial charge >= 0.3 is 0 Å². The first-order valence-corrected chi connectivity index (χ1v) is 5.64. The molecule has 0 bridgehead atoms. The van der Waals surface area contributed by atoms with Crippen molar-refractivity contribution in [3.8, 4) is 6.07 Å². The Balaban J connectivity index is 3.06. The van der Waals surface area contributed by atoms with Gasteiger partial charge in [0.25, 0.3) is 0 Å². The summed E-state index contributed by atoms with van der Waals surface area (Å²) in [5.41, 5.74) is 6.75. The average Bonchev–Trinajstić information content (AvgIpc) is 2.31. The minimum Gasteiger partial charge on any atom is -0.396 e. The van der Waals surface area contributed by atoms with E-state index in [1.807, 2.05) is 24.8 Å². The van der Waals surface area contributed by atoms with Crippen molar-refractivity contribution in [2.75, 3.05) is 23.8 Å². The number of aromatic nitrogens is 1. The van der Waals surface area contributed by atoms with Gasteiger partial charge in [-0.1, -0.05) is 0 Å². The Hall–Kier alpha value is -1.80. The molecule has 0 spiro atoms. The molecule has 1 aromatic rings. The van der Waals surface area contributed by atoms with Crippen molar-refractivity contribution >= 4 is 11.5 Å². The quantitative estimate of drug-likeness (QED) is 0.797. The molecule has 5 nitrogen and oxygen atoms in total. The van der Waals surface area contributed by atoms with E-state index in [4.69, 9.17) is 16.1 Å². The van der Waals surface area contributed by atoms with E-state index in [-0.39, 0.29) is 12.6 Å². The van der Waals surface area contributed by atoms with E-state index in [2.05, 4.69) is 4.98 Å². The normalized spacial score (nSPS) is 10.3. The number of nitrogens with zero attached hydrogens (tertiary/aromatic N) is 3. The van der Waals surface area contributed by atoms with E-state index in [1.165, 1.54) is 0 Å². The molecule has 3 N–H and O–H groups in total. The third-order valence-electron chi connectivity index (χ3n) is 2.54. The number of nitriles is 1. The molecule has 0 saturated carbocycles. The zero-order valence-electron chi connectivity index (χ0n) is 10.2. The molecule has 92 valence electrons. The van der Waals surface area contributed by atoms with Gasteiger partial charge in [0, 0.05) is 25.4 Å². The van der Waals surface area contributed by atoms with Gasteiger partial charge in [-0.05, 0) is 26.3 Å². The van der Waals surface area contributed by atoms with Crippen molar-refractivity contribution < 1.29 is 5.11 Å². The highest BCUT2D eigenvalue weighted by molar-refractivity contribution is 5.70. The Morgan fingerprint density at radius 1 is 1.59 bits per heavy atom. The van der Waals surface area contributed by atoms with Crippen molar-refractivity contribution in [1.82, 2.24) is 4.98 Å². The van der Waals surface area contributed by atoms with Crippen LogP contribution in [0.5, 0.6) is 0 Å². The maximum absolute atomic E-state index is 8.92. The fraction of sp³-hybridized carbons (Fsp3) is 0.500. The second-order valence-electron chi connectivity index (χ2n) is 4.07. The first-order chi connectivity index (χ1) is 8.11. The molecule has 0 aromatic carbocycles. The first kappa shape index (κ1) is 13.3. The lowest BCUT2D eigenvalue weighted by Crippen LogP contribution is -2.33. The van der Waals surface area contributed by atoms with Crippen molar-refractivity contribution in [2.24, 2.45) is 0 Å². The summed E-state index contributed by atoms with van der Waals surface area (Å²) in [6.07, 6.45) is 2.23. The molecule has 0 unspecified atom stereocenters. The number of nitrogen functional groups attached to an aromatic ring is 1. The lowest BCUT2D eigenvalue weighted by atomic mass is 10.2. The van der Waals surface area contributed by atoms with Gasteiger partial charge in [-0.2, -0.15) is 5.26 Å². The number of hydrogen-bond acceptors (Lipinski definition) is 5. The SMILES string of the molecule is CC(C)N(CCCO)c1nccc(C#N)c1N. The molecular weight excluding hydrogens is 216 g/mol. The fourth-order valence-corrected chi connectivity index (χ4v) is 1.64. The van der Waals surface area contributed by atoms with E-state index in [9.17, 15) is 0 Å². The van der Waals surface area contributed by atoms with E-state index in [0.717, 1.165) is 0 Å². The van der Waals surface area contributed by atoms with Crippen LogP contribution in [0.3, 0.4) is 0 Å². The Morgan fingerprint density at radius 3 is 2.82 bits per heavy atom. The first-order valence-electron chi connectivity index (χ1n) is 5.64. The average molecular weight is 234 g/mol. The summed E-state index contributed by atoms with van der Waals surface area (Å²) in [7, 11) is 0. The smallest absolute Gasteiger partial charge is 0.153 e. The van der Waals surface area contributed by atoms with Crippen LogP contribution in [0.15, 0.2) is 12.3 Å². The van der Waals surface area contributed by atoms with E-state index < -0.39 is 0 Å². The Morgan fingerprint density at radius 2 is 2.29 bits per heavy atom. The topological polar surface area (TPSA) is 86.2 Å². The van der Waals surface area contributed by atoms with Crippen LogP contribution in [-0.4, -0.2) is 29.3 Å². The molecule has 0 aliphatic heterocycles. The third kappa shape index (κ3) is 3.08. The minimum atomic E-state index is 0.126. The minimum absolute atomic E-state index is 0.126. The van der Waals surface area contributed by atoms with Crippen LogP contribution in [0, 0.1) is 11.3 Å². The van der Waals surface area contributed by atoms with Crippen LogP contribution < -0.4 is 10.6 Å². The van der Waals surface area contributed by atoms with Gasteiger partial charge < -0.3 is 15.7 Å². The molecule has 0 saturated heterocycles. The van der Waals surface area contributed by atoms with Gasteiger partial charge in [0.15, 0.2) is 5.82 Å². The van der Waals surface area contributed by atoms with Gasteiger partial charge in [0.1, 0.15) is 6.07 Å². The molecule has 0 atom stereocenters. The number of anilines is 2.